The Hall–Kier alpha value is -1.44. The van der Waals surface area contributed by atoms with Crippen LogP contribution in [0.5, 0.6) is 11.5 Å². The molecule has 2 rings (SSSR count). The third-order valence-corrected chi connectivity index (χ3v) is 2.03. The molecule has 72 valence electrons. The minimum atomic E-state index is -0.188. The molecule has 1 heterocycles. The molecular weight excluding hydrogens is 176 g/mol. The van der Waals surface area contributed by atoms with Crippen molar-refractivity contribution in [2.75, 3.05) is 0 Å². The summed E-state index contributed by atoms with van der Waals surface area (Å²) in [6, 6.07) is 7.68. The molecule has 0 aliphatic carbocycles. The second-order valence-corrected chi connectivity index (χ2v) is 3.11. The summed E-state index contributed by atoms with van der Waals surface area (Å²) in [4.78, 5) is 0. The fourth-order valence-electron chi connectivity index (χ4n) is 1.38. The maximum atomic E-state index is 5.55. The lowest BCUT2D eigenvalue weighted by molar-refractivity contribution is 0.0490. The van der Waals surface area contributed by atoms with Crippen LogP contribution in [-0.2, 0) is 0 Å². The molecule has 0 N–H and O–H groups in total. The zero-order chi connectivity index (χ0) is 9.80. The van der Waals surface area contributed by atoms with Crippen LogP contribution in [0.2, 0.25) is 0 Å². The lowest BCUT2D eigenvalue weighted by Gasteiger charge is -2.08. The first-order valence-corrected chi connectivity index (χ1v) is 4.67. The van der Waals surface area contributed by atoms with Crippen molar-refractivity contribution in [3.05, 3.63) is 43.3 Å². The van der Waals surface area contributed by atoms with Gasteiger partial charge in [-0.15, -0.1) is 0 Å². The number of ether oxygens (including phenoxy) is 2. The van der Waals surface area contributed by atoms with Crippen molar-refractivity contribution in [2.24, 2.45) is 0 Å². The predicted octanol–water partition coefficient (Wildman–Crippen LogP) is 2.76. The van der Waals surface area contributed by atoms with Crippen molar-refractivity contribution in [3.63, 3.8) is 0 Å². The third-order valence-electron chi connectivity index (χ3n) is 2.03. The minimum Gasteiger partial charge on any atom is -0.451 e. The Morgan fingerprint density at radius 1 is 1.21 bits per heavy atom. The molecule has 0 unspecified atom stereocenters. The summed E-state index contributed by atoms with van der Waals surface area (Å²) in [6.07, 6.45) is 4.99. The van der Waals surface area contributed by atoms with Crippen LogP contribution < -0.4 is 9.47 Å². The van der Waals surface area contributed by atoms with E-state index in [0.29, 0.717) is 0 Å². The first-order chi connectivity index (χ1) is 6.90. The summed E-state index contributed by atoms with van der Waals surface area (Å²) in [7, 11) is 0. The van der Waals surface area contributed by atoms with Crippen LogP contribution in [0.25, 0.3) is 0 Å². The van der Waals surface area contributed by atoms with Gasteiger partial charge >= 0.3 is 0 Å². The number of allylic oxidation sites excluding steroid dienone is 1. The van der Waals surface area contributed by atoms with Crippen LogP contribution in [0.15, 0.2) is 30.3 Å². The summed E-state index contributed by atoms with van der Waals surface area (Å²) in [5, 5.41) is 0. The fourth-order valence-corrected chi connectivity index (χ4v) is 1.38. The van der Waals surface area contributed by atoms with E-state index in [2.05, 4.69) is 0 Å². The van der Waals surface area contributed by atoms with Crippen LogP contribution in [-0.4, -0.2) is 6.29 Å². The number of benzene rings is 1. The molecule has 1 aliphatic heterocycles. The van der Waals surface area contributed by atoms with Gasteiger partial charge in [-0.2, -0.15) is 0 Å². The fraction of sp³-hybridized carbons (Fsp3) is 0.250. The molecule has 0 fully saturated rings. The average Bonchev–Trinajstić information content (AvgIpc) is 2.60. The number of unbranched alkanes of at least 4 members (excludes halogenated alkanes) is 1. The maximum Gasteiger partial charge on any atom is 0.241 e. The average molecular weight is 188 g/mol. The Morgan fingerprint density at radius 2 is 1.86 bits per heavy atom. The highest BCUT2D eigenvalue weighted by Crippen LogP contribution is 2.34. The highest BCUT2D eigenvalue weighted by Gasteiger charge is 2.22. The van der Waals surface area contributed by atoms with Gasteiger partial charge in [0, 0.05) is 6.42 Å². The minimum absolute atomic E-state index is 0.188. The number of fused-ring (bicyclic) bond motifs is 1. The van der Waals surface area contributed by atoms with E-state index < -0.39 is 0 Å². The lowest BCUT2D eigenvalue weighted by atomic mass is 10.2. The van der Waals surface area contributed by atoms with Crippen LogP contribution in [0.4, 0.5) is 0 Å². The molecule has 2 nitrogen and oxygen atoms in total. The molecule has 0 atom stereocenters. The second kappa shape index (κ2) is 4.18. The van der Waals surface area contributed by atoms with E-state index in [0.717, 1.165) is 24.3 Å². The van der Waals surface area contributed by atoms with Gasteiger partial charge in [-0.1, -0.05) is 24.8 Å². The molecule has 1 aliphatic rings. The molecule has 1 aromatic rings. The smallest absolute Gasteiger partial charge is 0.241 e. The Balaban J connectivity index is 1.88. The van der Waals surface area contributed by atoms with Gasteiger partial charge < -0.3 is 9.47 Å². The van der Waals surface area contributed by atoms with Gasteiger partial charge in [0.05, 0.1) is 0 Å². The van der Waals surface area contributed by atoms with Crippen LogP contribution >= 0.6 is 0 Å². The molecule has 0 saturated heterocycles. The van der Waals surface area contributed by atoms with Gasteiger partial charge in [-0.25, -0.2) is 0 Å². The molecule has 2 heteroatoms. The molecular formula is C12H12O2. The summed E-state index contributed by atoms with van der Waals surface area (Å²) in [5.41, 5.74) is 0. The van der Waals surface area contributed by atoms with E-state index in [1.165, 1.54) is 0 Å². The van der Waals surface area contributed by atoms with Gasteiger partial charge in [0.2, 0.25) is 6.29 Å². The summed E-state index contributed by atoms with van der Waals surface area (Å²) >= 11 is 0. The normalized spacial score (nSPS) is 14.3. The van der Waals surface area contributed by atoms with Gasteiger partial charge in [0.25, 0.3) is 0 Å². The Bertz CT molecular complexity index is 295. The van der Waals surface area contributed by atoms with Gasteiger partial charge in [0.1, 0.15) is 0 Å². The third kappa shape index (κ3) is 1.90. The summed E-state index contributed by atoms with van der Waals surface area (Å²) in [5.74, 6) is 1.64. The van der Waals surface area contributed by atoms with E-state index in [1.807, 2.05) is 30.7 Å². The van der Waals surface area contributed by atoms with Gasteiger partial charge in [-0.05, 0) is 25.0 Å². The van der Waals surface area contributed by atoms with Crippen molar-refractivity contribution < 1.29 is 9.47 Å². The highest BCUT2D eigenvalue weighted by atomic mass is 16.7. The first-order valence-electron chi connectivity index (χ1n) is 4.67. The van der Waals surface area contributed by atoms with E-state index in [1.54, 1.807) is 6.08 Å². The van der Waals surface area contributed by atoms with Crippen LogP contribution in [0.1, 0.15) is 12.8 Å². The highest BCUT2D eigenvalue weighted by molar-refractivity contribution is 5.41. The Labute approximate surface area is 84.2 Å². The molecule has 0 bridgehead atoms. The second-order valence-electron chi connectivity index (χ2n) is 3.11. The predicted molar refractivity (Wildman–Crippen MR) is 53.9 cm³/mol. The SMILES string of the molecule is [CH]=CC[CH]CC1Oc2ccccc2O1. The monoisotopic (exact) mass is 188 g/mol. The number of hydrogen-bond acceptors (Lipinski definition) is 2. The van der Waals surface area contributed by atoms with Crippen LogP contribution in [0, 0.1) is 13.0 Å². The number of rotatable bonds is 4. The maximum absolute atomic E-state index is 5.55. The van der Waals surface area contributed by atoms with E-state index in [9.17, 15) is 0 Å². The molecule has 0 saturated carbocycles. The van der Waals surface area contributed by atoms with Gasteiger partial charge in [-0.3, -0.25) is 0 Å². The molecule has 0 spiro atoms. The van der Waals surface area contributed by atoms with Gasteiger partial charge in [0.15, 0.2) is 11.5 Å². The Morgan fingerprint density at radius 3 is 2.43 bits per heavy atom. The van der Waals surface area contributed by atoms with Crippen molar-refractivity contribution in [3.8, 4) is 11.5 Å². The zero-order valence-electron chi connectivity index (χ0n) is 7.85. The molecule has 1 aromatic carbocycles. The lowest BCUT2D eigenvalue weighted by Crippen LogP contribution is -2.17. The van der Waals surface area contributed by atoms with E-state index >= 15 is 0 Å². The Kier molecular flexibility index (Phi) is 2.73. The molecule has 14 heavy (non-hydrogen) atoms. The molecule has 2 radical (unpaired) electrons. The standard InChI is InChI=1S/C12H12O2/c1-2-3-4-9-12-13-10-7-5-6-8-11(10)14-12/h1-2,4-8,12H,3,9H2. The van der Waals surface area contributed by atoms with E-state index in [-0.39, 0.29) is 6.29 Å². The first kappa shape index (κ1) is 9.13. The number of para-hydroxylation sites is 2. The zero-order valence-corrected chi connectivity index (χ0v) is 7.85. The van der Waals surface area contributed by atoms with Crippen molar-refractivity contribution in [1.29, 1.82) is 0 Å². The van der Waals surface area contributed by atoms with Crippen molar-refractivity contribution >= 4 is 0 Å². The number of hydrogen-bond donors (Lipinski definition) is 0. The van der Waals surface area contributed by atoms with Crippen LogP contribution in [0.3, 0.4) is 0 Å². The van der Waals surface area contributed by atoms with E-state index in [4.69, 9.17) is 16.1 Å². The molecule has 0 amide bonds. The van der Waals surface area contributed by atoms with Crippen molar-refractivity contribution in [2.45, 2.75) is 19.1 Å². The topological polar surface area (TPSA) is 18.5 Å². The summed E-state index contributed by atoms with van der Waals surface area (Å²) in [6.45, 7) is 5.26. The largest absolute Gasteiger partial charge is 0.451 e. The molecule has 0 aromatic heterocycles. The quantitative estimate of drug-likeness (QED) is 0.676. The summed E-state index contributed by atoms with van der Waals surface area (Å²) < 4.78 is 11.1. The van der Waals surface area contributed by atoms with Crippen molar-refractivity contribution in [1.82, 2.24) is 0 Å².